The Balaban J connectivity index is 1.67. The van der Waals surface area contributed by atoms with E-state index in [1.54, 1.807) is 64.2 Å². The van der Waals surface area contributed by atoms with Gasteiger partial charge < -0.3 is 0 Å². The van der Waals surface area contributed by atoms with Crippen LogP contribution in [0.1, 0.15) is 110 Å². The Labute approximate surface area is 133 Å². The van der Waals surface area contributed by atoms with Crippen molar-refractivity contribution in [1.29, 1.82) is 0 Å². The average molecular weight is 291 g/mol. The highest BCUT2D eigenvalue weighted by atomic mass is 14.5. The van der Waals surface area contributed by atoms with Gasteiger partial charge in [0.15, 0.2) is 0 Å². The molecule has 3 rings (SSSR count). The standard InChI is InChI=1S/C21H38/c1-2-9-18-12-14-20(15-13-18)21(16-7-4-8-17-21)19-10-5-3-6-11-19/h18-20H,2-17H2,1H3. The zero-order valence-corrected chi connectivity index (χ0v) is 14.5. The maximum Gasteiger partial charge on any atom is -0.0241 e. The van der Waals surface area contributed by atoms with Crippen molar-refractivity contribution in [2.45, 2.75) is 110 Å². The molecule has 0 nitrogen and oxygen atoms in total. The molecule has 122 valence electrons. The Bertz CT molecular complexity index is 285. The molecule has 0 radical (unpaired) electrons. The van der Waals surface area contributed by atoms with E-state index < -0.39 is 0 Å². The average Bonchev–Trinajstić information content (AvgIpc) is 2.57. The second-order valence-electron chi connectivity index (χ2n) is 8.64. The summed E-state index contributed by atoms with van der Waals surface area (Å²) in [7, 11) is 0. The van der Waals surface area contributed by atoms with E-state index in [-0.39, 0.29) is 0 Å². The summed E-state index contributed by atoms with van der Waals surface area (Å²) < 4.78 is 0. The van der Waals surface area contributed by atoms with Crippen molar-refractivity contribution in [3.8, 4) is 0 Å². The van der Waals surface area contributed by atoms with Gasteiger partial charge in [0.1, 0.15) is 0 Å². The molecule has 3 aliphatic rings. The summed E-state index contributed by atoms with van der Waals surface area (Å²) >= 11 is 0. The highest BCUT2D eigenvalue weighted by Crippen LogP contribution is 2.57. The summed E-state index contributed by atoms with van der Waals surface area (Å²) in [6, 6.07) is 0. The molecule has 0 aromatic carbocycles. The summed E-state index contributed by atoms with van der Waals surface area (Å²) in [4.78, 5) is 0. The lowest BCUT2D eigenvalue weighted by molar-refractivity contribution is -0.0194. The molecule has 0 unspecified atom stereocenters. The van der Waals surface area contributed by atoms with E-state index in [9.17, 15) is 0 Å². The van der Waals surface area contributed by atoms with E-state index >= 15 is 0 Å². The lowest BCUT2D eigenvalue weighted by atomic mass is 9.53. The minimum absolute atomic E-state index is 0.801. The second kappa shape index (κ2) is 7.51. The second-order valence-corrected chi connectivity index (χ2v) is 8.64. The third kappa shape index (κ3) is 3.50. The van der Waals surface area contributed by atoms with Crippen LogP contribution in [0.5, 0.6) is 0 Å². The Morgan fingerprint density at radius 2 is 1.24 bits per heavy atom. The molecule has 0 atom stereocenters. The van der Waals surface area contributed by atoms with Crippen molar-refractivity contribution in [2.75, 3.05) is 0 Å². The molecular weight excluding hydrogens is 252 g/mol. The van der Waals surface area contributed by atoms with Crippen LogP contribution in [0.2, 0.25) is 0 Å². The first-order valence-electron chi connectivity index (χ1n) is 10.3. The monoisotopic (exact) mass is 290 g/mol. The first kappa shape index (κ1) is 15.9. The minimum atomic E-state index is 0.801. The normalized spacial score (nSPS) is 34.7. The van der Waals surface area contributed by atoms with Crippen molar-refractivity contribution >= 4 is 0 Å². The topological polar surface area (TPSA) is 0 Å². The summed E-state index contributed by atoms with van der Waals surface area (Å²) in [5, 5.41) is 0. The van der Waals surface area contributed by atoms with E-state index in [0.717, 1.165) is 23.2 Å². The molecule has 3 saturated carbocycles. The fourth-order valence-corrected chi connectivity index (χ4v) is 6.47. The van der Waals surface area contributed by atoms with Crippen molar-refractivity contribution in [3.63, 3.8) is 0 Å². The Kier molecular flexibility index (Phi) is 5.68. The van der Waals surface area contributed by atoms with Crippen LogP contribution in [0.25, 0.3) is 0 Å². The first-order valence-corrected chi connectivity index (χ1v) is 10.3. The number of hydrogen-bond donors (Lipinski definition) is 0. The quantitative estimate of drug-likeness (QED) is 0.517. The van der Waals surface area contributed by atoms with Gasteiger partial charge in [0.2, 0.25) is 0 Å². The molecule has 0 heteroatoms. The van der Waals surface area contributed by atoms with Gasteiger partial charge in [0, 0.05) is 0 Å². The predicted molar refractivity (Wildman–Crippen MR) is 92.4 cm³/mol. The molecule has 0 aliphatic heterocycles. The highest BCUT2D eigenvalue weighted by Gasteiger charge is 2.46. The van der Waals surface area contributed by atoms with E-state index in [0.29, 0.717) is 0 Å². The van der Waals surface area contributed by atoms with Gasteiger partial charge in [-0.05, 0) is 61.7 Å². The SMILES string of the molecule is CCCC1CCC(C2(C3CCCCC3)CCCCC2)CC1. The van der Waals surface area contributed by atoms with Gasteiger partial charge in [-0.1, -0.05) is 71.1 Å². The van der Waals surface area contributed by atoms with Crippen molar-refractivity contribution in [1.82, 2.24) is 0 Å². The molecule has 21 heavy (non-hydrogen) atoms. The maximum atomic E-state index is 2.37. The molecule has 0 spiro atoms. The summed E-state index contributed by atoms with van der Waals surface area (Å²) in [5.41, 5.74) is 0.801. The van der Waals surface area contributed by atoms with Gasteiger partial charge in [0.05, 0.1) is 0 Å². The largest absolute Gasteiger partial charge is 0.0654 e. The van der Waals surface area contributed by atoms with Crippen LogP contribution in [0.3, 0.4) is 0 Å². The van der Waals surface area contributed by atoms with Crippen LogP contribution in [0.4, 0.5) is 0 Å². The number of hydrogen-bond acceptors (Lipinski definition) is 0. The molecule has 0 aromatic rings. The maximum absolute atomic E-state index is 2.37. The fourth-order valence-electron chi connectivity index (χ4n) is 6.47. The Morgan fingerprint density at radius 1 is 0.667 bits per heavy atom. The lowest BCUT2D eigenvalue weighted by Gasteiger charge is -2.52. The lowest BCUT2D eigenvalue weighted by Crippen LogP contribution is -2.42. The van der Waals surface area contributed by atoms with E-state index in [1.165, 1.54) is 38.5 Å². The smallest absolute Gasteiger partial charge is 0.0241 e. The van der Waals surface area contributed by atoms with Crippen LogP contribution in [-0.2, 0) is 0 Å². The summed E-state index contributed by atoms with van der Waals surface area (Å²) in [6.07, 6.45) is 24.8. The first-order chi connectivity index (χ1) is 10.3. The van der Waals surface area contributed by atoms with E-state index in [2.05, 4.69) is 6.92 Å². The zero-order valence-electron chi connectivity index (χ0n) is 14.5. The van der Waals surface area contributed by atoms with E-state index in [4.69, 9.17) is 0 Å². The molecule has 0 saturated heterocycles. The minimum Gasteiger partial charge on any atom is -0.0654 e. The van der Waals surface area contributed by atoms with Gasteiger partial charge in [-0.15, -0.1) is 0 Å². The van der Waals surface area contributed by atoms with Crippen LogP contribution in [0.15, 0.2) is 0 Å². The molecule has 0 bridgehead atoms. The summed E-state index contributed by atoms with van der Waals surface area (Å²) in [6.45, 7) is 2.37. The van der Waals surface area contributed by atoms with Crippen molar-refractivity contribution in [2.24, 2.45) is 23.2 Å². The van der Waals surface area contributed by atoms with Gasteiger partial charge in [-0.2, -0.15) is 0 Å². The van der Waals surface area contributed by atoms with Gasteiger partial charge in [0.25, 0.3) is 0 Å². The third-order valence-corrected chi connectivity index (χ3v) is 7.56. The van der Waals surface area contributed by atoms with Crippen LogP contribution in [0, 0.1) is 23.2 Å². The Hall–Kier alpha value is 0. The van der Waals surface area contributed by atoms with Crippen LogP contribution < -0.4 is 0 Å². The van der Waals surface area contributed by atoms with Crippen LogP contribution >= 0.6 is 0 Å². The van der Waals surface area contributed by atoms with Gasteiger partial charge in [-0.3, -0.25) is 0 Å². The van der Waals surface area contributed by atoms with Gasteiger partial charge in [-0.25, -0.2) is 0 Å². The molecule has 0 amide bonds. The van der Waals surface area contributed by atoms with Gasteiger partial charge >= 0.3 is 0 Å². The Morgan fingerprint density at radius 3 is 1.86 bits per heavy atom. The highest BCUT2D eigenvalue weighted by molar-refractivity contribution is 4.96. The third-order valence-electron chi connectivity index (χ3n) is 7.56. The van der Waals surface area contributed by atoms with Crippen molar-refractivity contribution in [3.05, 3.63) is 0 Å². The fraction of sp³-hybridized carbons (Fsp3) is 1.00. The molecule has 0 heterocycles. The molecule has 3 fully saturated rings. The van der Waals surface area contributed by atoms with Crippen LogP contribution in [-0.4, -0.2) is 0 Å². The van der Waals surface area contributed by atoms with Crippen molar-refractivity contribution < 1.29 is 0 Å². The molecule has 0 N–H and O–H groups in total. The molecular formula is C21H38. The summed E-state index contributed by atoms with van der Waals surface area (Å²) in [5.74, 6) is 3.30. The predicted octanol–water partition coefficient (Wildman–Crippen LogP) is 7.12. The van der Waals surface area contributed by atoms with E-state index in [1.807, 2.05) is 0 Å². The molecule has 0 aromatic heterocycles. The zero-order chi connectivity index (χ0) is 14.5. The molecule has 3 aliphatic carbocycles. The number of rotatable bonds is 4.